The van der Waals surface area contributed by atoms with Crippen LogP contribution in [0.3, 0.4) is 0 Å². The maximum Gasteiger partial charge on any atom is 0.137 e. The first kappa shape index (κ1) is 18.0. The Morgan fingerprint density at radius 2 is 1.83 bits per heavy atom. The monoisotopic (exact) mass is 388 g/mol. The summed E-state index contributed by atoms with van der Waals surface area (Å²) < 4.78 is 18.1. The highest BCUT2D eigenvalue weighted by atomic mass is 16.5. The van der Waals surface area contributed by atoms with Gasteiger partial charge in [0.05, 0.1) is 13.2 Å². The number of nitrogens with zero attached hydrogens (tertiary/aromatic N) is 1. The highest BCUT2D eigenvalue weighted by molar-refractivity contribution is 6.00. The lowest BCUT2D eigenvalue weighted by atomic mass is 9.93. The van der Waals surface area contributed by atoms with E-state index >= 15 is 0 Å². The van der Waals surface area contributed by atoms with Crippen LogP contribution in [0.15, 0.2) is 59.3 Å². The first-order valence-electron chi connectivity index (χ1n) is 10.1. The molecule has 1 saturated carbocycles. The smallest absolute Gasteiger partial charge is 0.137 e. The minimum Gasteiger partial charge on any atom is -0.496 e. The number of pyridine rings is 1. The Bertz CT molecular complexity index is 1130. The summed E-state index contributed by atoms with van der Waals surface area (Å²) >= 11 is 0. The lowest BCUT2D eigenvalue weighted by Crippen LogP contribution is -2.31. The largest absolute Gasteiger partial charge is 0.496 e. The number of para-hydroxylation sites is 1. The third-order valence-corrected chi connectivity index (χ3v) is 5.75. The summed E-state index contributed by atoms with van der Waals surface area (Å²) in [6.45, 7) is 0. The van der Waals surface area contributed by atoms with Crippen molar-refractivity contribution in [1.29, 1.82) is 0 Å². The first-order valence-corrected chi connectivity index (χ1v) is 10.1. The van der Waals surface area contributed by atoms with Crippen LogP contribution < -0.4 is 15.2 Å². The molecule has 5 heteroatoms. The molecule has 2 N–H and O–H groups in total. The van der Waals surface area contributed by atoms with Gasteiger partial charge >= 0.3 is 0 Å². The summed E-state index contributed by atoms with van der Waals surface area (Å²) in [6, 6.07) is 14.4. The Hall–Kier alpha value is -3.05. The summed E-state index contributed by atoms with van der Waals surface area (Å²) in [5, 5.41) is 3.00. The van der Waals surface area contributed by atoms with Crippen molar-refractivity contribution in [3.05, 3.63) is 54.9 Å². The Labute approximate surface area is 169 Å². The molecule has 1 aliphatic carbocycles. The molecular weight excluding hydrogens is 364 g/mol. The number of nitrogens with two attached hydrogens (primary N) is 1. The fraction of sp³-hybridized carbons (Fsp3) is 0.292. The molecule has 1 fully saturated rings. The number of methoxy groups -OCH3 is 1. The molecule has 4 aromatic rings. The third kappa shape index (κ3) is 3.42. The lowest BCUT2D eigenvalue weighted by molar-refractivity contribution is 0.147. The van der Waals surface area contributed by atoms with Crippen LogP contribution in [0, 0.1) is 0 Å². The molecule has 1 aliphatic rings. The van der Waals surface area contributed by atoms with E-state index in [4.69, 9.17) is 19.6 Å². The van der Waals surface area contributed by atoms with Crippen LogP contribution in [-0.4, -0.2) is 24.2 Å². The van der Waals surface area contributed by atoms with E-state index in [1.165, 1.54) is 0 Å². The van der Waals surface area contributed by atoms with Crippen LogP contribution in [0.1, 0.15) is 25.7 Å². The van der Waals surface area contributed by atoms with E-state index in [0.717, 1.165) is 70.2 Å². The van der Waals surface area contributed by atoms with Crippen molar-refractivity contribution in [2.75, 3.05) is 7.11 Å². The van der Waals surface area contributed by atoms with Crippen LogP contribution in [-0.2, 0) is 0 Å². The van der Waals surface area contributed by atoms with Gasteiger partial charge in [-0.3, -0.25) is 4.98 Å². The molecule has 0 unspecified atom stereocenters. The van der Waals surface area contributed by atoms with Gasteiger partial charge < -0.3 is 19.6 Å². The van der Waals surface area contributed by atoms with Gasteiger partial charge in [0.1, 0.15) is 22.8 Å². The normalized spacial score (nSPS) is 19.5. The molecule has 0 saturated heterocycles. The van der Waals surface area contributed by atoms with Gasteiger partial charge in [0.2, 0.25) is 0 Å². The van der Waals surface area contributed by atoms with Crippen molar-refractivity contribution in [2.24, 2.45) is 5.73 Å². The second kappa shape index (κ2) is 7.41. The van der Waals surface area contributed by atoms with Crippen LogP contribution in [0.5, 0.6) is 11.5 Å². The lowest BCUT2D eigenvalue weighted by Gasteiger charge is -2.27. The van der Waals surface area contributed by atoms with E-state index in [0.29, 0.717) is 6.04 Å². The third-order valence-electron chi connectivity index (χ3n) is 5.75. The number of hydrogen-bond acceptors (Lipinski definition) is 5. The number of fused-ring (bicyclic) bond motifs is 2. The summed E-state index contributed by atoms with van der Waals surface area (Å²) in [5.41, 5.74) is 7.82. The highest BCUT2D eigenvalue weighted by Gasteiger charge is 2.21. The van der Waals surface area contributed by atoms with Gasteiger partial charge in [-0.25, -0.2) is 0 Å². The molecule has 148 valence electrons. The average molecular weight is 388 g/mol. The van der Waals surface area contributed by atoms with Gasteiger partial charge in [-0.1, -0.05) is 18.2 Å². The van der Waals surface area contributed by atoms with Gasteiger partial charge in [0.25, 0.3) is 0 Å². The summed E-state index contributed by atoms with van der Waals surface area (Å²) in [7, 11) is 1.67. The number of furan rings is 1. The van der Waals surface area contributed by atoms with Crippen molar-refractivity contribution in [1.82, 2.24) is 4.98 Å². The summed E-state index contributed by atoms with van der Waals surface area (Å²) in [6.07, 6.45) is 7.82. The van der Waals surface area contributed by atoms with Crippen LogP contribution >= 0.6 is 0 Å². The zero-order valence-electron chi connectivity index (χ0n) is 16.4. The molecule has 2 aromatic carbocycles. The van der Waals surface area contributed by atoms with Crippen molar-refractivity contribution in [2.45, 2.75) is 37.8 Å². The van der Waals surface area contributed by atoms with Gasteiger partial charge in [-0.05, 0) is 43.9 Å². The molecule has 0 aliphatic heterocycles. The standard InChI is InChI=1S/C24H24N2O3/c1-27-23-12-18(28-17-8-6-16(25)7-9-17)11-19-20(23)13-26-14-21(19)24-10-15-4-2-3-5-22(15)29-24/h2-5,10-14,16-17H,6-9,25H2,1H3. The van der Waals surface area contributed by atoms with Gasteiger partial charge in [0, 0.05) is 46.2 Å². The van der Waals surface area contributed by atoms with Crippen LogP contribution in [0.4, 0.5) is 0 Å². The van der Waals surface area contributed by atoms with Crippen LogP contribution in [0.2, 0.25) is 0 Å². The maximum atomic E-state index is 6.32. The van der Waals surface area contributed by atoms with E-state index < -0.39 is 0 Å². The van der Waals surface area contributed by atoms with Gasteiger partial charge in [-0.2, -0.15) is 0 Å². The molecule has 0 spiro atoms. The quantitative estimate of drug-likeness (QED) is 0.513. The van der Waals surface area contributed by atoms with Crippen LogP contribution in [0.25, 0.3) is 33.1 Å². The molecular formula is C24H24N2O3. The minimum atomic E-state index is 0.188. The molecule has 0 bridgehead atoms. The first-order chi connectivity index (χ1) is 14.2. The summed E-state index contributed by atoms with van der Waals surface area (Å²) in [4.78, 5) is 4.43. The zero-order valence-corrected chi connectivity index (χ0v) is 16.4. The number of rotatable bonds is 4. The Balaban J connectivity index is 1.59. The maximum absolute atomic E-state index is 6.32. The fourth-order valence-corrected chi connectivity index (χ4v) is 4.16. The van der Waals surface area contributed by atoms with E-state index in [9.17, 15) is 0 Å². The molecule has 0 amide bonds. The molecule has 2 aromatic heterocycles. The van der Waals surface area contributed by atoms with Crippen molar-refractivity contribution < 1.29 is 13.9 Å². The Morgan fingerprint density at radius 3 is 2.62 bits per heavy atom. The van der Waals surface area contributed by atoms with Crippen molar-refractivity contribution >= 4 is 21.7 Å². The van der Waals surface area contributed by atoms with Crippen molar-refractivity contribution in [3.63, 3.8) is 0 Å². The Kier molecular flexibility index (Phi) is 4.60. The fourth-order valence-electron chi connectivity index (χ4n) is 4.16. The molecule has 2 heterocycles. The SMILES string of the molecule is COc1cc(OC2CCC(N)CC2)cc2c(-c3cc4ccccc4o3)cncc12. The molecule has 5 rings (SSSR count). The van der Waals surface area contributed by atoms with E-state index in [1.54, 1.807) is 7.11 Å². The number of ether oxygens (including phenoxy) is 2. The zero-order chi connectivity index (χ0) is 19.8. The number of hydrogen-bond donors (Lipinski definition) is 1. The topological polar surface area (TPSA) is 70.5 Å². The average Bonchev–Trinajstić information content (AvgIpc) is 3.18. The van der Waals surface area contributed by atoms with E-state index in [2.05, 4.69) is 11.1 Å². The minimum absolute atomic E-state index is 0.188. The van der Waals surface area contributed by atoms with Gasteiger partial charge in [-0.15, -0.1) is 0 Å². The highest BCUT2D eigenvalue weighted by Crippen LogP contribution is 2.39. The second-order valence-corrected chi connectivity index (χ2v) is 7.71. The molecule has 5 nitrogen and oxygen atoms in total. The van der Waals surface area contributed by atoms with E-state index in [-0.39, 0.29) is 6.10 Å². The number of benzene rings is 2. The predicted octanol–water partition coefficient (Wildman–Crippen LogP) is 5.31. The molecule has 0 atom stereocenters. The second-order valence-electron chi connectivity index (χ2n) is 7.71. The Morgan fingerprint density at radius 1 is 1.00 bits per heavy atom. The summed E-state index contributed by atoms with van der Waals surface area (Å²) in [5.74, 6) is 2.33. The van der Waals surface area contributed by atoms with Gasteiger partial charge in [0.15, 0.2) is 0 Å². The molecule has 0 radical (unpaired) electrons. The predicted molar refractivity (Wildman–Crippen MR) is 114 cm³/mol. The van der Waals surface area contributed by atoms with Crippen molar-refractivity contribution in [3.8, 4) is 22.8 Å². The number of aromatic nitrogens is 1. The van der Waals surface area contributed by atoms with E-state index in [1.807, 2.05) is 48.8 Å². The molecule has 29 heavy (non-hydrogen) atoms.